The van der Waals surface area contributed by atoms with E-state index >= 15 is 0 Å². The number of hydrogen-bond acceptors (Lipinski definition) is 2. The van der Waals surface area contributed by atoms with E-state index in [0.717, 1.165) is 12.1 Å². The highest BCUT2D eigenvalue weighted by Crippen LogP contribution is 2.39. The minimum Gasteiger partial charge on any atom is -0.464 e. The summed E-state index contributed by atoms with van der Waals surface area (Å²) < 4.78 is 89.6. The van der Waals surface area contributed by atoms with Crippen LogP contribution in [0.4, 0.5) is 26.3 Å². The summed E-state index contributed by atoms with van der Waals surface area (Å²) in [6, 6.07) is 4.93. The molecule has 0 radical (unpaired) electrons. The van der Waals surface area contributed by atoms with Crippen LogP contribution in [0.5, 0.6) is 11.5 Å². The van der Waals surface area contributed by atoms with Gasteiger partial charge in [0.05, 0.1) is 22.4 Å². The molecule has 0 N–H and O–H groups in total. The van der Waals surface area contributed by atoms with Crippen molar-refractivity contribution < 1.29 is 35.5 Å². The van der Waals surface area contributed by atoms with Gasteiger partial charge in [0.15, 0.2) is 17.4 Å². The number of alkyl halides is 3. The average molecular weight is 393 g/mol. The first-order chi connectivity index (χ1) is 12.2. The van der Waals surface area contributed by atoms with Crippen molar-refractivity contribution in [3.63, 3.8) is 0 Å². The maximum absolute atomic E-state index is 14.0. The Morgan fingerprint density at radius 3 is 2.12 bits per heavy atom. The molecule has 0 aliphatic rings. The third-order valence-corrected chi connectivity index (χ3v) is 3.64. The van der Waals surface area contributed by atoms with Crippen molar-refractivity contribution >= 4 is 11.6 Å². The van der Waals surface area contributed by atoms with Gasteiger partial charge < -0.3 is 9.15 Å². The van der Waals surface area contributed by atoms with Gasteiger partial charge in [0, 0.05) is 0 Å². The lowest BCUT2D eigenvalue weighted by Gasteiger charge is -2.13. The standard InChI is InChI=1S/C17H7ClF6O2/c18-10-7-11(19)9(14-2-1-3-25-14)6-15(10)26-16-12(20)4-8(5-13(16)21)17(22,23)24/h1-7H. The monoisotopic (exact) mass is 392 g/mol. The first-order valence-electron chi connectivity index (χ1n) is 6.94. The van der Waals surface area contributed by atoms with Gasteiger partial charge in [-0.25, -0.2) is 13.2 Å². The maximum atomic E-state index is 14.0. The molecule has 26 heavy (non-hydrogen) atoms. The van der Waals surface area contributed by atoms with Crippen LogP contribution in [-0.4, -0.2) is 0 Å². The molecule has 0 fully saturated rings. The minimum absolute atomic E-state index is 0.0866. The highest BCUT2D eigenvalue weighted by Gasteiger charge is 2.33. The summed E-state index contributed by atoms with van der Waals surface area (Å²) in [6.07, 6.45) is -3.65. The summed E-state index contributed by atoms with van der Waals surface area (Å²) in [5, 5.41) is -0.337. The van der Waals surface area contributed by atoms with Gasteiger partial charge in [0.25, 0.3) is 0 Å². The Kier molecular flexibility index (Phi) is 4.62. The van der Waals surface area contributed by atoms with E-state index in [1.807, 2.05) is 0 Å². The molecule has 1 aromatic heterocycles. The lowest BCUT2D eigenvalue weighted by Crippen LogP contribution is -2.07. The fraction of sp³-hybridized carbons (Fsp3) is 0.0588. The van der Waals surface area contributed by atoms with Gasteiger partial charge in [-0.3, -0.25) is 0 Å². The first kappa shape index (κ1) is 18.2. The Bertz CT molecular complexity index is 928. The highest BCUT2D eigenvalue weighted by atomic mass is 35.5. The van der Waals surface area contributed by atoms with Crippen LogP contribution in [0.3, 0.4) is 0 Å². The van der Waals surface area contributed by atoms with Crippen LogP contribution >= 0.6 is 11.6 Å². The second-order valence-corrected chi connectivity index (χ2v) is 5.52. The zero-order chi connectivity index (χ0) is 19.1. The first-order valence-corrected chi connectivity index (χ1v) is 7.31. The molecule has 3 rings (SSSR count). The Morgan fingerprint density at radius 2 is 1.58 bits per heavy atom. The van der Waals surface area contributed by atoms with Crippen molar-refractivity contribution in [1.82, 2.24) is 0 Å². The normalized spacial score (nSPS) is 11.7. The summed E-state index contributed by atoms with van der Waals surface area (Å²) in [7, 11) is 0. The number of benzene rings is 2. The van der Waals surface area contributed by atoms with Crippen LogP contribution in [0.25, 0.3) is 11.3 Å². The van der Waals surface area contributed by atoms with Gasteiger partial charge in [0.1, 0.15) is 17.3 Å². The molecule has 0 aliphatic heterocycles. The largest absolute Gasteiger partial charge is 0.464 e. The second kappa shape index (κ2) is 6.60. The van der Waals surface area contributed by atoms with Crippen LogP contribution in [0.1, 0.15) is 5.56 Å². The molecule has 0 unspecified atom stereocenters. The zero-order valence-corrected chi connectivity index (χ0v) is 13.3. The van der Waals surface area contributed by atoms with E-state index in [0.29, 0.717) is 0 Å². The molecular weight excluding hydrogens is 386 g/mol. The van der Waals surface area contributed by atoms with Gasteiger partial charge in [0.2, 0.25) is 0 Å². The van der Waals surface area contributed by atoms with Gasteiger partial charge in [-0.2, -0.15) is 13.2 Å². The van der Waals surface area contributed by atoms with E-state index < -0.39 is 34.9 Å². The number of hydrogen-bond donors (Lipinski definition) is 0. The van der Waals surface area contributed by atoms with Gasteiger partial charge in [-0.1, -0.05) is 11.6 Å². The number of furan rings is 1. The Hall–Kier alpha value is -2.61. The van der Waals surface area contributed by atoms with Gasteiger partial charge in [-0.05, 0) is 36.4 Å². The average Bonchev–Trinajstić information content (AvgIpc) is 3.05. The van der Waals surface area contributed by atoms with E-state index in [1.54, 1.807) is 0 Å². The molecule has 0 atom stereocenters. The number of rotatable bonds is 3. The smallest absolute Gasteiger partial charge is 0.416 e. The van der Waals surface area contributed by atoms with Crippen molar-refractivity contribution in [1.29, 1.82) is 0 Å². The maximum Gasteiger partial charge on any atom is 0.416 e. The van der Waals surface area contributed by atoms with Crippen molar-refractivity contribution in [3.05, 3.63) is 70.7 Å². The molecule has 136 valence electrons. The van der Waals surface area contributed by atoms with Crippen LogP contribution < -0.4 is 4.74 Å². The predicted octanol–water partition coefficient (Wildman–Crippen LogP) is 6.83. The van der Waals surface area contributed by atoms with E-state index in [4.69, 9.17) is 20.8 Å². The third-order valence-electron chi connectivity index (χ3n) is 3.35. The third kappa shape index (κ3) is 3.50. The van der Waals surface area contributed by atoms with E-state index in [1.165, 1.54) is 18.4 Å². The molecular formula is C17H7ClF6O2. The topological polar surface area (TPSA) is 22.4 Å². The highest BCUT2D eigenvalue weighted by molar-refractivity contribution is 6.32. The molecule has 0 saturated heterocycles. The molecule has 0 saturated carbocycles. The molecule has 1 heterocycles. The Labute approximate surface area is 147 Å². The van der Waals surface area contributed by atoms with Crippen molar-refractivity contribution in [2.24, 2.45) is 0 Å². The second-order valence-electron chi connectivity index (χ2n) is 5.11. The molecule has 0 aliphatic carbocycles. The minimum atomic E-state index is -4.93. The number of halogens is 7. The summed E-state index contributed by atoms with van der Waals surface area (Å²) in [6.45, 7) is 0. The fourth-order valence-corrected chi connectivity index (χ4v) is 2.35. The lowest BCUT2D eigenvalue weighted by atomic mass is 10.1. The summed E-state index contributed by atoms with van der Waals surface area (Å²) in [5.41, 5.74) is -1.62. The SMILES string of the molecule is Fc1cc(Cl)c(Oc2c(F)cc(C(F)(F)F)cc2F)cc1-c1ccco1. The van der Waals surface area contributed by atoms with Gasteiger partial charge in [-0.15, -0.1) is 0 Å². The molecule has 0 bridgehead atoms. The van der Waals surface area contributed by atoms with Gasteiger partial charge >= 0.3 is 6.18 Å². The molecule has 2 nitrogen and oxygen atoms in total. The lowest BCUT2D eigenvalue weighted by molar-refractivity contribution is -0.138. The van der Waals surface area contributed by atoms with Crippen molar-refractivity contribution in [3.8, 4) is 22.8 Å². The van der Waals surface area contributed by atoms with Crippen LogP contribution in [-0.2, 0) is 6.18 Å². The molecule has 3 aromatic rings. The summed E-state index contributed by atoms with van der Waals surface area (Å²) in [4.78, 5) is 0. The van der Waals surface area contributed by atoms with Crippen molar-refractivity contribution in [2.75, 3.05) is 0 Å². The quantitative estimate of drug-likeness (QED) is 0.456. The van der Waals surface area contributed by atoms with Crippen LogP contribution in [0, 0.1) is 17.5 Å². The zero-order valence-electron chi connectivity index (χ0n) is 12.5. The Morgan fingerprint density at radius 1 is 0.923 bits per heavy atom. The molecule has 2 aromatic carbocycles. The van der Waals surface area contributed by atoms with E-state index in [9.17, 15) is 26.3 Å². The Balaban J connectivity index is 2.03. The van der Waals surface area contributed by atoms with E-state index in [-0.39, 0.29) is 34.2 Å². The predicted molar refractivity (Wildman–Crippen MR) is 80.5 cm³/mol. The summed E-state index contributed by atoms with van der Waals surface area (Å²) in [5.74, 6) is -5.33. The molecule has 9 heteroatoms. The summed E-state index contributed by atoms with van der Waals surface area (Å²) >= 11 is 5.80. The molecule has 0 amide bonds. The van der Waals surface area contributed by atoms with Crippen LogP contribution in [0.15, 0.2) is 47.1 Å². The number of ether oxygens (including phenoxy) is 1. The van der Waals surface area contributed by atoms with Crippen LogP contribution in [0.2, 0.25) is 5.02 Å². The van der Waals surface area contributed by atoms with Crippen molar-refractivity contribution in [2.45, 2.75) is 6.18 Å². The fourth-order valence-electron chi connectivity index (χ4n) is 2.16. The molecule has 0 spiro atoms. The van der Waals surface area contributed by atoms with E-state index in [2.05, 4.69) is 0 Å².